The van der Waals surface area contributed by atoms with E-state index in [0.717, 1.165) is 3.57 Å². The minimum Gasteiger partial charge on any atom is -0.508 e. The first-order valence-corrected chi connectivity index (χ1v) is 12.5. The average molecular weight is 618 g/mol. The SMILES string of the molecule is N#Cc1ccc(NC(=O)O[C@@H](c2cc(I)ccc2O)[C@H](CCOC(=O)CS)Oc2ccccc2)cc1. The van der Waals surface area contributed by atoms with Crippen LogP contribution in [0, 0.1) is 14.9 Å². The third kappa shape index (κ3) is 8.07. The van der Waals surface area contributed by atoms with Gasteiger partial charge in [0.1, 0.15) is 17.6 Å². The Labute approximate surface area is 227 Å². The number of ether oxygens (including phenoxy) is 3. The van der Waals surface area contributed by atoms with E-state index in [0.29, 0.717) is 22.6 Å². The lowest BCUT2D eigenvalue weighted by atomic mass is 10.0. The third-order valence-electron chi connectivity index (χ3n) is 4.95. The van der Waals surface area contributed by atoms with Crippen LogP contribution in [-0.4, -0.2) is 35.6 Å². The van der Waals surface area contributed by atoms with Gasteiger partial charge < -0.3 is 19.3 Å². The number of anilines is 1. The largest absolute Gasteiger partial charge is 0.508 e. The van der Waals surface area contributed by atoms with Gasteiger partial charge in [-0.2, -0.15) is 17.9 Å². The molecule has 0 saturated carbocycles. The molecule has 0 aliphatic heterocycles. The Balaban J connectivity index is 1.90. The number of para-hydroxylation sites is 1. The van der Waals surface area contributed by atoms with Crippen molar-refractivity contribution in [1.82, 2.24) is 0 Å². The second kappa shape index (κ2) is 13.6. The zero-order valence-electron chi connectivity index (χ0n) is 19.0. The van der Waals surface area contributed by atoms with Crippen molar-refractivity contribution in [2.75, 3.05) is 17.7 Å². The Morgan fingerprint density at radius 1 is 1.08 bits per heavy atom. The zero-order valence-corrected chi connectivity index (χ0v) is 22.0. The number of nitriles is 1. The summed E-state index contributed by atoms with van der Waals surface area (Å²) in [5.74, 6) is -0.144. The molecule has 1 amide bonds. The lowest BCUT2D eigenvalue weighted by Crippen LogP contribution is -2.32. The molecule has 8 nitrogen and oxygen atoms in total. The summed E-state index contributed by atoms with van der Waals surface area (Å²) in [6.45, 7) is -0.0152. The van der Waals surface area contributed by atoms with Gasteiger partial charge in [0.2, 0.25) is 0 Å². The van der Waals surface area contributed by atoms with Gasteiger partial charge >= 0.3 is 12.1 Å². The number of phenolic OH excluding ortho intramolecular Hbond substituents is 1. The molecule has 0 spiro atoms. The molecule has 36 heavy (non-hydrogen) atoms. The van der Waals surface area contributed by atoms with E-state index in [9.17, 15) is 14.7 Å². The van der Waals surface area contributed by atoms with Gasteiger partial charge in [0.15, 0.2) is 6.10 Å². The van der Waals surface area contributed by atoms with Crippen molar-refractivity contribution in [2.24, 2.45) is 0 Å². The second-order valence-corrected chi connectivity index (χ2v) is 9.04. The summed E-state index contributed by atoms with van der Waals surface area (Å²) >= 11 is 6.00. The summed E-state index contributed by atoms with van der Waals surface area (Å²) in [5, 5.41) is 22.2. The molecule has 2 atom stereocenters. The van der Waals surface area contributed by atoms with Crippen LogP contribution >= 0.6 is 35.2 Å². The summed E-state index contributed by atoms with van der Waals surface area (Å²) in [4.78, 5) is 24.5. The van der Waals surface area contributed by atoms with Gasteiger partial charge in [-0.1, -0.05) is 18.2 Å². The van der Waals surface area contributed by atoms with Crippen LogP contribution in [0.15, 0.2) is 72.8 Å². The highest BCUT2D eigenvalue weighted by atomic mass is 127. The van der Waals surface area contributed by atoms with E-state index in [1.54, 1.807) is 60.7 Å². The number of amides is 1. The number of carbonyl (C=O) groups is 2. The maximum absolute atomic E-state index is 12.9. The lowest BCUT2D eigenvalue weighted by Gasteiger charge is -2.29. The number of hydrogen-bond acceptors (Lipinski definition) is 8. The fraction of sp³-hybridized carbons (Fsp3) is 0.192. The van der Waals surface area contributed by atoms with Crippen molar-refractivity contribution in [1.29, 1.82) is 5.26 Å². The van der Waals surface area contributed by atoms with Crippen LogP contribution in [0.5, 0.6) is 11.5 Å². The minimum atomic E-state index is -1.06. The predicted molar refractivity (Wildman–Crippen MR) is 145 cm³/mol. The molecule has 0 radical (unpaired) electrons. The molecule has 0 aromatic heterocycles. The van der Waals surface area contributed by atoms with E-state index < -0.39 is 24.3 Å². The van der Waals surface area contributed by atoms with Crippen LogP contribution in [0.3, 0.4) is 0 Å². The number of aromatic hydroxyl groups is 1. The molecule has 2 N–H and O–H groups in total. The van der Waals surface area contributed by atoms with Gasteiger partial charge in [0.25, 0.3) is 0 Å². The van der Waals surface area contributed by atoms with Crippen molar-refractivity contribution in [2.45, 2.75) is 18.6 Å². The van der Waals surface area contributed by atoms with Crippen LogP contribution in [0.2, 0.25) is 0 Å². The first kappa shape index (κ1) is 27.2. The van der Waals surface area contributed by atoms with Crippen molar-refractivity contribution >= 4 is 53.0 Å². The lowest BCUT2D eigenvalue weighted by molar-refractivity contribution is -0.141. The number of benzene rings is 3. The van der Waals surface area contributed by atoms with Crippen molar-refractivity contribution in [3.05, 3.63) is 87.5 Å². The van der Waals surface area contributed by atoms with Gasteiger partial charge in [0.05, 0.1) is 24.0 Å². The van der Waals surface area contributed by atoms with Gasteiger partial charge in [-0.25, -0.2) is 4.79 Å². The average Bonchev–Trinajstić information content (AvgIpc) is 2.89. The summed E-state index contributed by atoms with van der Waals surface area (Å²) < 4.78 is 17.9. The molecule has 10 heteroatoms. The Bertz CT molecular complexity index is 1220. The Hall–Kier alpha value is -3.43. The van der Waals surface area contributed by atoms with E-state index in [4.69, 9.17) is 19.5 Å². The number of phenols is 1. The highest BCUT2D eigenvalue weighted by Crippen LogP contribution is 2.34. The normalized spacial score (nSPS) is 12.0. The van der Waals surface area contributed by atoms with Gasteiger partial charge in [0, 0.05) is 21.2 Å². The van der Waals surface area contributed by atoms with E-state index in [2.05, 4.69) is 40.5 Å². The number of esters is 1. The van der Waals surface area contributed by atoms with Crippen LogP contribution in [-0.2, 0) is 14.3 Å². The van der Waals surface area contributed by atoms with E-state index in [1.165, 1.54) is 6.07 Å². The molecule has 0 fully saturated rings. The molecule has 0 saturated heterocycles. The van der Waals surface area contributed by atoms with E-state index >= 15 is 0 Å². The molecule has 3 rings (SSSR count). The first-order valence-electron chi connectivity index (χ1n) is 10.8. The molecule has 0 heterocycles. The van der Waals surface area contributed by atoms with Gasteiger partial charge in [-0.3, -0.25) is 10.1 Å². The van der Waals surface area contributed by atoms with Crippen molar-refractivity contribution < 1.29 is 28.9 Å². The maximum Gasteiger partial charge on any atom is 0.412 e. The molecule has 0 aliphatic carbocycles. The minimum absolute atomic E-state index is 0.0152. The van der Waals surface area contributed by atoms with Crippen molar-refractivity contribution in [3.63, 3.8) is 0 Å². The maximum atomic E-state index is 12.9. The smallest absolute Gasteiger partial charge is 0.412 e. The monoisotopic (exact) mass is 618 g/mol. The number of halogens is 1. The molecule has 3 aromatic carbocycles. The fourth-order valence-electron chi connectivity index (χ4n) is 3.26. The van der Waals surface area contributed by atoms with E-state index in [1.807, 2.05) is 12.1 Å². The summed E-state index contributed by atoms with van der Waals surface area (Å²) in [6, 6.07) is 22.1. The number of hydrogen-bond donors (Lipinski definition) is 3. The number of rotatable bonds is 10. The molecule has 186 valence electrons. The zero-order chi connectivity index (χ0) is 25.9. The molecular formula is C26H23IN2O6S. The molecule has 3 aromatic rings. The number of nitrogens with zero attached hydrogens (tertiary/aromatic N) is 1. The molecule has 0 aliphatic rings. The quantitative estimate of drug-likeness (QED) is 0.157. The Kier molecular flexibility index (Phi) is 10.3. The highest BCUT2D eigenvalue weighted by Gasteiger charge is 2.32. The molecular weight excluding hydrogens is 595 g/mol. The highest BCUT2D eigenvalue weighted by molar-refractivity contribution is 14.1. The Morgan fingerprint density at radius 2 is 1.81 bits per heavy atom. The molecule has 0 bridgehead atoms. The summed E-state index contributed by atoms with van der Waals surface area (Å²) in [6.07, 6.45) is -2.52. The van der Waals surface area contributed by atoms with Gasteiger partial charge in [-0.05, 0) is 77.2 Å². The van der Waals surface area contributed by atoms with Gasteiger partial charge in [-0.15, -0.1) is 0 Å². The molecule has 0 unspecified atom stereocenters. The number of thiol groups is 1. The first-order chi connectivity index (χ1) is 17.4. The standard InChI is InChI=1S/C26H23IN2O6S/c27-18-8-11-22(30)21(14-18)25(35-26(32)29-19-9-6-17(15-28)7-10-19)23(12-13-33-24(31)16-36)34-20-4-2-1-3-5-20/h1-11,14,23,25,30,36H,12-13,16H2,(H,29,32)/t23-,25-/m0/s1. The number of nitrogens with one attached hydrogen (secondary N) is 1. The van der Waals surface area contributed by atoms with Crippen LogP contribution in [0.25, 0.3) is 0 Å². The van der Waals surface area contributed by atoms with Crippen molar-refractivity contribution in [3.8, 4) is 17.6 Å². The Morgan fingerprint density at radius 3 is 2.47 bits per heavy atom. The summed E-state index contributed by atoms with van der Waals surface area (Å²) in [5.41, 5.74) is 1.20. The summed E-state index contributed by atoms with van der Waals surface area (Å²) in [7, 11) is 0. The predicted octanol–water partition coefficient (Wildman–Crippen LogP) is 5.47. The second-order valence-electron chi connectivity index (χ2n) is 7.48. The van der Waals surface area contributed by atoms with Crippen LogP contribution in [0.4, 0.5) is 10.5 Å². The van der Waals surface area contributed by atoms with Crippen LogP contribution in [0.1, 0.15) is 23.7 Å². The number of carbonyl (C=O) groups excluding carboxylic acids is 2. The third-order valence-corrected chi connectivity index (χ3v) is 5.88. The van der Waals surface area contributed by atoms with Crippen LogP contribution < -0.4 is 10.1 Å². The topological polar surface area (TPSA) is 118 Å². The van der Waals surface area contributed by atoms with E-state index in [-0.39, 0.29) is 24.5 Å². The fourth-order valence-corrected chi connectivity index (χ4v) is 3.87.